The Kier molecular flexibility index (Phi) is 8.43. The first-order valence-corrected chi connectivity index (χ1v) is 11.3. The first kappa shape index (κ1) is 24.3. The third-order valence-electron chi connectivity index (χ3n) is 4.84. The Bertz CT molecular complexity index is 1060. The van der Waals surface area contributed by atoms with Gasteiger partial charge in [-0.2, -0.15) is 0 Å². The lowest BCUT2D eigenvalue weighted by molar-refractivity contribution is -0.123. The highest BCUT2D eigenvalue weighted by Gasteiger charge is 2.35. The summed E-state index contributed by atoms with van der Waals surface area (Å²) >= 11 is 0.905. The number of rotatable bonds is 11. The van der Waals surface area contributed by atoms with E-state index in [0.717, 1.165) is 22.9 Å². The molecule has 0 bridgehead atoms. The minimum absolute atomic E-state index is 0.134. The van der Waals surface area contributed by atoms with Gasteiger partial charge in [-0.25, -0.2) is 0 Å². The highest BCUT2D eigenvalue weighted by Crippen LogP contribution is 2.37. The number of imide groups is 1. The summed E-state index contributed by atoms with van der Waals surface area (Å²) in [6, 6.07) is 10.9. The van der Waals surface area contributed by atoms with Crippen molar-refractivity contribution >= 4 is 29.0 Å². The quantitative estimate of drug-likeness (QED) is 0.341. The molecule has 2 aromatic rings. The van der Waals surface area contributed by atoms with Gasteiger partial charge in [0.15, 0.2) is 23.0 Å². The van der Waals surface area contributed by atoms with Crippen molar-refractivity contribution in [2.45, 2.75) is 13.3 Å². The van der Waals surface area contributed by atoms with Gasteiger partial charge in [-0.05, 0) is 61.0 Å². The molecule has 1 aliphatic heterocycles. The van der Waals surface area contributed by atoms with Crippen molar-refractivity contribution in [1.82, 2.24) is 4.90 Å². The lowest BCUT2D eigenvalue weighted by atomic mass is 10.0. The molecule has 2 amide bonds. The maximum atomic E-state index is 12.9. The highest BCUT2D eigenvalue weighted by molar-refractivity contribution is 8.18. The van der Waals surface area contributed by atoms with E-state index in [9.17, 15) is 9.59 Å². The van der Waals surface area contributed by atoms with Gasteiger partial charge in [-0.3, -0.25) is 14.5 Å². The molecular formula is C25H27NO6S. The molecule has 0 saturated carbocycles. The number of hydrogen-bond acceptors (Lipinski definition) is 7. The number of para-hydroxylation sites is 2. The fraction of sp³-hybridized carbons (Fsp3) is 0.280. The number of allylic oxidation sites excluding steroid dienone is 1. The van der Waals surface area contributed by atoms with Gasteiger partial charge in [0, 0.05) is 5.56 Å². The molecule has 33 heavy (non-hydrogen) atoms. The SMILES string of the molecule is C=CCc1cc(/C=C2\SC(=O)N(CCOc3ccccc3OC)C2=O)cc(OCC)c1OC. The standard InChI is InChI=1S/C25H27NO6S/c1-5-9-18-14-17(15-21(31-6-2)23(18)30-4)16-22-24(27)26(25(28)33-22)12-13-32-20-11-8-7-10-19(20)29-3/h5,7-8,10-11,14-16H,1,6,9,12-13H2,2-4H3/b22-16-. The van der Waals surface area contributed by atoms with E-state index < -0.39 is 0 Å². The third kappa shape index (κ3) is 5.70. The van der Waals surface area contributed by atoms with E-state index in [-0.39, 0.29) is 24.3 Å². The number of benzene rings is 2. The molecule has 1 fully saturated rings. The van der Waals surface area contributed by atoms with E-state index >= 15 is 0 Å². The summed E-state index contributed by atoms with van der Waals surface area (Å²) in [4.78, 5) is 26.9. The molecule has 7 nitrogen and oxygen atoms in total. The average molecular weight is 470 g/mol. The summed E-state index contributed by atoms with van der Waals surface area (Å²) in [6.07, 6.45) is 4.04. The van der Waals surface area contributed by atoms with E-state index in [1.165, 1.54) is 4.90 Å². The first-order valence-electron chi connectivity index (χ1n) is 10.5. The van der Waals surface area contributed by atoms with Gasteiger partial charge in [-0.15, -0.1) is 6.58 Å². The molecule has 1 aliphatic rings. The van der Waals surface area contributed by atoms with Crippen molar-refractivity contribution in [1.29, 1.82) is 0 Å². The van der Waals surface area contributed by atoms with Crippen LogP contribution in [0.2, 0.25) is 0 Å². The number of carbonyl (C=O) groups excluding carboxylic acids is 2. The number of methoxy groups -OCH3 is 2. The normalized spacial score (nSPS) is 14.5. The van der Waals surface area contributed by atoms with Crippen LogP contribution in [0.3, 0.4) is 0 Å². The highest BCUT2D eigenvalue weighted by atomic mass is 32.2. The van der Waals surface area contributed by atoms with Crippen LogP contribution in [0.25, 0.3) is 6.08 Å². The van der Waals surface area contributed by atoms with Crippen molar-refractivity contribution in [2.75, 3.05) is 34.0 Å². The molecule has 0 spiro atoms. The summed E-state index contributed by atoms with van der Waals surface area (Å²) in [6.45, 7) is 6.44. The van der Waals surface area contributed by atoms with Crippen LogP contribution in [0.1, 0.15) is 18.1 Å². The van der Waals surface area contributed by atoms with Crippen molar-refractivity contribution in [3.8, 4) is 23.0 Å². The predicted octanol–water partition coefficient (Wildman–Crippen LogP) is 4.95. The minimum Gasteiger partial charge on any atom is -0.493 e. The fourth-order valence-corrected chi connectivity index (χ4v) is 4.26. The molecule has 174 valence electrons. The van der Waals surface area contributed by atoms with E-state index in [4.69, 9.17) is 18.9 Å². The van der Waals surface area contributed by atoms with Gasteiger partial charge in [0.1, 0.15) is 6.61 Å². The molecule has 0 atom stereocenters. The van der Waals surface area contributed by atoms with Crippen LogP contribution >= 0.6 is 11.8 Å². The van der Waals surface area contributed by atoms with Crippen LogP contribution in [0.4, 0.5) is 4.79 Å². The zero-order chi connectivity index (χ0) is 23.8. The second kappa shape index (κ2) is 11.5. The second-order valence-corrected chi connectivity index (χ2v) is 7.96. The number of amides is 2. The number of carbonyl (C=O) groups is 2. The average Bonchev–Trinajstić information content (AvgIpc) is 3.07. The fourth-order valence-electron chi connectivity index (χ4n) is 3.40. The lowest BCUT2D eigenvalue weighted by Crippen LogP contribution is -2.32. The number of hydrogen-bond donors (Lipinski definition) is 0. The second-order valence-electron chi connectivity index (χ2n) is 6.97. The lowest BCUT2D eigenvalue weighted by Gasteiger charge is -2.15. The van der Waals surface area contributed by atoms with E-state index in [2.05, 4.69) is 6.58 Å². The van der Waals surface area contributed by atoms with Gasteiger partial charge in [0.05, 0.1) is 32.3 Å². The zero-order valence-electron chi connectivity index (χ0n) is 19.0. The van der Waals surface area contributed by atoms with Crippen molar-refractivity contribution in [2.24, 2.45) is 0 Å². The Morgan fingerprint density at radius 1 is 1.03 bits per heavy atom. The molecule has 0 aliphatic carbocycles. The number of ether oxygens (including phenoxy) is 4. The van der Waals surface area contributed by atoms with Crippen LogP contribution in [0, 0.1) is 0 Å². The maximum Gasteiger partial charge on any atom is 0.293 e. The van der Waals surface area contributed by atoms with Crippen LogP contribution in [-0.4, -0.2) is 50.0 Å². The molecule has 8 heteroatoms. The largest absolute Gasteiger partial charge is 0.493 e. The molecular weight excluding hydrogens is 442 g/mol. The Morgan fingerprint density at radius 3 is 2.45 bits per heavy atom. The summed E-state index contributed by atoms with van der Waals surface area (Å²) in [5.74, 6) is 2.00. The van der Waals surface area contributed by atoms with Crippen LogP contribution in [0.15, 0.2) is 54.0 Å². The Morgan fingerprint density at radius 2 is 1.79 bits per heavy atom. The third-order valence-corrected chi connectivity index (χ3v) is 5.74. The molecule has 2 aromatic carbocycles. The topological polar surface area (TPSA) is 74.3 Å². The van der Waals surface area contributed by atoms with Crippen LogP contribution in [-0.2, 0) is 11.2 Å². The van der Waals surface area contributed by atoms with E-state index in [1.54, 1.807) is 44.6 Å². The summed E-state index contributed by atoms with van der Waals surface area (Å²) in [7, 11) is 3.14. The van der Waals surface area contributed by atoms with Crippen LogP contribution < -0.4 is 18.9 Å². The van der Waals surface area contributed by atoms with E-state index in [1.807, 2.05) is 25.1 Å². The Hall–Kier alpha value is -3.39. The number of thioether (sulfide) groups is 1. The smallest absolute Gasteiger partial charge is 0.293 e. The van der Waals surface area contributed by atoms with Crippen molar-refractivity contribution < 1.29 is 28.5 Å². The molecule has 0 aromatic heterocycles. The number of nitrogens with zero attached hydrogens (tertiary/aromatic N) is 1. The molecule has 1 saturated heterocycles. The Labute approximate surface area is 198 Å². The van der Waals surface area contributed by atoms with Gasteiger partial charge < -0.3 is 18.9 Å². The van der Waals surface area contributed by atoms with Crippen molar-refractivity contribution in [3.63, 3.8) is 0 Å². The monoisotopic (exact) mass is 469 g/mol. The summed E-state index contributed by atoms with van der Waals surface area (Å²) in [5.41, 5.74) is 1.63. The molecule has 0 N–H and O–H groups in total. The molecule has 0 unspecified atom stereocenters. The van der Waals surface area contributed by atoms with Gasteiger partial charge in [-0.1, -0.05) is 18.2 Å². The molecule has 3 rings (SSSR count). The van der Waals surface area contributed by atoms with E-state index in [0.29, 0.717) is 40.9 Å². The van der Waals surface area contributed by atoms with Crippen LogP contribution in [0.5, 0.6) is 23.0 Å². The predicted molar refractivity (Wildman–Crippen MR) is 129 cm³/mol. The van der Waals surface area contributed by atoms with Gasteiger partial charge in [0.2, 0.25) is 0 Å². The summed E-state index contributed by atoms with van der Waals surface area (Å²) in [5, 5.41) is -0.334. The van der Waals surface area contributed by atoms with Crippen molar-refractivity contribution in [3.05, 3.63) is 65.1 Å². The van der Waals surface area contributed by atoms with Gasteiger partial charge >= 0.3 is 0 Å². The molecule has 1 heterocycles. The zero-order valence-corrected chi connectivity index (χ0v) is 19.8. The maximum absolute atomic E-state index is 12.9. The Balaban J connectivity index is 1.76. The minimum atomic E-state index is -0.354. The first-order chi connectivity index (χ1) is 16.0. The van der Waals surface area contributed by atoms with Gasteiger partial charge in [0.25, 0.3) is 11.1 Å². The molecule has 0 radical (unpaired) electrons. The summed E-state index contributed by atoms with van der Waals surface area (Å²) < 4.78 is 22.2.